The standard InChI is InChI=1S/C31H36N2O5/c1-35-20-27-29(34)30(36-19-25-11-6-10-23-8-4-5-12-26(23)25)28(33-16-15-32)31(38-27)37-18-21-13-14-22-7-2-3-9-24(22)17-21/h2-14,17,27-31,33-34H,15-16,18-20,32H2,1H3/t27-,28-,29-,30?,31?/m1/s1. The molecule has 1 heterocycles. The molecule has 5 atom stereocenters. The Kier molecular flexibility index (Phi) is 8.98. The first-order chi connectivity index (χ1) is 18.7. The zero-order chi connectivity index (χ0) is 26.3. The lowest BCUT2D eigenvalue weighted by molar-refractivity contribution is -0.283. The summed E-state index contributed by atoms with van der Waals surface area (Å²) in [5, 5.41) is 19.3. The zero-order valence-electron chi connectivity index (χ0n) is 21.7. The second-order valence-corrected chi connectivity index (χ2v) is 9.66. The number of hydrogen-bond donors (Lipinski definition) is 3. The second kappa shape index (κ2) is 12.8. The molecule has 7 nitrogen and oxygen atoms in total. The van der Waals surface area contributed by atoms with E-state index in [0.717, 1.165) is 27.3 Å². The predicted molar refractivity (Wildman–Crippen MR) is 149 cm³/mol. The predicted octanol–water partition coefficient (Wildman–Crippen LogP) is 3.74. The lowest BCUT2D eigenvalue weighted by atomic mass is 9.96. The van der Waals surface area contributed by atoms with Crippen LogP contribution in [0.3, 0.4) is 0 Å². The lowest BCUT2D eigenvalue weighted by Crippen LogP contribution is -2.65. The molecule has 0 amide bonds. The molecular weight excluding hydrogens is 480 g/mol. The maximum atomic E-state index is 11.3. The number of ether oxygens (including phenoxy) is 4. The molecule has 0 spiro atoms. The van der Waals surface area contributed by atoms with Gasteiger partial charge in [0.05, 0.1) is 25.9 Å². The molecule has 1 fully saturated rings. The molecule has 38 heavy (non-hydrogen) atoms. The maximum absolute atomic E-state index is 11.3. The van der Waals surface area contributed by atoms with Crippen LogP contribution in [-0.2, 0) is 32.2 Å². The van der Waals surface area contributed by atoms with E-state index in [1.54, 1.807) is 7.11 Å². The van der Waals surface area contributed by atoms with E-state index in [-0.39, 0.29) is 6.61 Å². The third kappa shape index (κ3) is 6.06. The van der Waals surface area contributed by atoms with Crippen LogP contribution in [0.25, 0.3) is 21.5 Å². The smallest absolute Gasteiger partial charge is 0.176 e. The normalized spacial score (nSPS) is 23.7. The average molecular weight is 517 g/mol. The van der Waals surface area contributed by atoms with Gasteiger partial charge in [-0.1, -0.05) is 78.9 Å². The van der Waals surface area contributed by atoms with Gasteiger partial charge < -0.3 is 35.1 Å². The highest BCUT2D eigenvalue weighted by molar-refractivity contribution is 5.85. The van der Waals surface area contributed by atoms with E-state index < -0.39 is 30.6 Å². The molecule has 4 N–H and O–H groups in total. The van der Waals surface area contributed by atoms with E-state index >= 15 is 0 Å². The van der Waals surface area contributed by atoms with Gasteiger partial charge in [0.1, 0.15) is 18.3 Å². The highest BCUT2D eigenvalue weighted by Crippen LogP contribution is 2.28. The Morgan fingerprint density at radius 3 is 2.45 bits per heavy atom. The van der Waals surface area contributed by atoms with Crippen molar-refractivity contribution in [1.29, 1.82) is 0 Å². The molecule has 200 valence electrons. The molecule has 1 aliphatic heterocycles. The van der Waals surface area contributed by atoms with Gasteiger partial charge in [-0.05, 0) is 38.7 Å². The van der Waals surface area contributed by atoms with Gasteiger partial charge in [0, 0.05) is 20.2 Å². The largest absolute Gasteiger partial charge is 0.388 e. The summed E-state index contributed by atoms with van der Waals surface area (Å²) in [6.07, 6.45) is -2.79. The number of methoxy groups -OCH3 is 1. The first-order valence-electron chi connectivity index (χ1n) is 13.1. The Hall–Kier alpha value is -2.88. The maximum Gasteiger partial charge on any atom is 0.176 e. The van der Waals surface area contributed by atoms with E-state index in [0.29, 0.717) is 26.3 Å². The van der Waals surface area contributed by atoms with Crippen LogP contribution in [-0.4, -0.2) is 62.6 Å². The number of nitrogens with two attached hydrogens (primary N) is 1. The van der Waals surface area contributed by atoms with Crippen LogP contribution in [0.5, 0.6) is 0 Å². The van der Waals surface area contributed by atoms with Gasteiger partial charge in [-0.2, -0.15) is 0 Å². The van der Waals surface area contributed by atoms with Crippen LogP contribution < -0.4 is 11.1 Å². The molecule has 0 aliphatic carbocycles. The van der Waals surface area contributed by atoms with Gasteiger partial charge in [-0.25, -0.2) is 0 Å². The first-order valence-corrected chi connectivity index (χ1v) is 13.1. The van der Waals surface area contributed by atoms with Crippen molar-refractivity contribution in [3.05, 3.63) is 96.1 Å². The number of aliphatic hydroxyl groups excluding tert-OH is 1. The Morgan fingerprint density at radius 2 is 1.63 bits per heavy atom. The molecule has 0 aromatic heterocycles. The molecule has 1 saturated heterocycles. The Labute approximate surface area is 223 Å². The van der Waals surface area contributed by atoms with Crippen LogP contribution in [0, 0.1) is 0 Å². The highest BCUT2D eigenvalue weighted by Gasteiger charge is 2.46. The fourth-order valence-electron chi connectivity index (χ4n) is 5.14. The number of benzene rings is 4. The Bertz CT molecular complexity index is 1330. The molecule has 0 bridgehead atoms. The average Bonchev–Trinajstić information content (AvgIpc) is 2.96. The van der Waals surface area contributed by atoms with Crippen molar-refractivity contribution in [1.82, 2.24) is 5.32 Å². The fraction of sp³-hybridized carbons (Fsp3) is 0.355. The highest BCUT2D eigenvalue weighted by atomic mass is 16.7. The number of fused-ring (bicyclic) bond motifs is 2. The summed E-state index contributed by atoms with van der Waals surface area (Å²) in [5.41, 5.74) is 7.91. The van der Waals surface area contributed by atoms with E-state index in [9.17, 15) is 5.11 Å². The van der Waals surface area contributed by atoms with Crippen molar-refractivity contribution in [3.63, 3.8) is 0 Å². The fourth-order valence-corrected chi connectivity index (χ4v) is 5.14. The lowest BCUT2D eigenvalue weighted by Gasteiger charge is -2.44. The molecule has 1 aliphatic rings. The minimum absolute atomic E-state index is 0.217. The molecular formula is C31H36N2O5. The molecule has 0 radical (unpaired) electrons. The molecule has 4 aromatic rings. The zero-order valence-corrected chi connectivity index (χ0v) is 21.7. The summed E-state index contributed by atoms with van der Waals surface area (Å²) in [7, 11) is 1.59. The van der Waals surface area contributed by atoms with Crippen molar-refractivity contribution < 1.29 is 24.1 Å². The van der Waals surface area contributed by atoms with Crippen LogP contribution in [0.4, 0.5) is 0 Å². The number of aliphatic hydroxyl groups is 1. The summed E-state index contributed by atoms with van der Waals surface area (Å²) in [6, 6.07) is 28.4. The van der Waals surface area contributed by atoms with E-state index in [1.165, 1.54) is 5.39 Å². The topological polar surface area (TPSA) is 95.2 Å². The number of hydrogen-bond acceptors (Lipinski definition) is 7. The van der Waals surface area contributed by atoms with Crippen molar-refractivity contribution in [3.8, 4) is 0 Å². The van der Waals surface area contributed by atoms with Crippen molar-refractivity contribution in [2.75, 3.05) is 26.8 Å². The third-order valence-corrected chi connectivity index (χ3v) is 7.07. The molecule has 7 heteroatoms. The Balaban J connectivity index is 1.36. The summed E-state index contributed by atoms with van der Waals surface area (Å²) >= 11 is 0. The van der Waals surface area contributed by atoms with Gasteiger partial charge in [-0.15, -0.1) is 0 Å². The Morgan fingerprint density at radius 1 is 0.868 bits per heavy atom. The van der Waals surface area contributed by atoms with Gasteiger partial charge in [0.25, 0.3) is 0 Å². The van der Waals surface area contributed by atoms with Gasteiger partial charge in [0.2, 0.25) is 0 Å². The molecule has 5 rings (SSSR count). The van der Waals surface area contributed by atoms with Crippen molar-refractivity contribution in [2.24, 2.45) is 5.73 Å². The number of rotatable bonds is 11. The summed E-state index contributed by atoms with van der Waals surface area (Å²) < 4.78 is 24.4. The van der Waals surface area contributed by atoms with Crippen molar-refractivity contribution >= 4 is 21.5 Å². The van der Waals surface area contributed by atoms with Gasteiger partial charge >= 0.3 is 0 Å². The van der Waals surface area contributed by atoms with Crippen LogP contribution >= 0.6 is 0 Å². The molecule has 2 unspecified atom stereocenters. The van der Waals surface area contributed by atoms with Gasteiger partial charge in [0.15, 0.2) is 6.29 Å². The van der Waals surface area contributed by atoms with E-state index in [4.69, 9.17) is 24.7 Å². The monoisotopic (exact) mass is 516 g/mol. The quantitative estimate of drug-likeness (QED) is 0.280. The summed E-state index contributed by atoms with van der Waals surface area (Å²) in [5.74, 6) is 0. The van der Waals surface area contributed by atoms with Gasteiger partial charge in [-0.3, -0.25) is 0 Å². The molecule has 0 saturated carbocycles. The van der Waals surface area contributed by atoms with Crippen LogP contribution in [0.1, 0.15) is 11.1 Å². The number of nitrogens with one attached hydrogen (secondary N) is 1. The van der Waals surface area contributed by atoms with Crippen LogP contribution in [0.15, 0.2) is 84.9 Å². The SMILES string of the molecule is COC[C@H]1OC(OCc2ccc3ccccc3c2)[C@H](NCCN)C(OCc2cccc3ccccc23)[C@@H]1O. The third-order valence-electron chi connectivity index (χ3n) is 7.07. The molecule has 4 aromatic carbocycles. The minimum atomic E-state index is -0.916. The van der Waals surface area contributed by atoms with Crippen LogP contribution in [0.2, 0.25) is 0 Å². The minimum Gasteiger partial charge on any atom is -0.388 e. The first kappa shape index (κ1) is 26.7. The van der Waals surface area contributed by atoms with Crippen molar-refractivity contribution in [2.45, 2.75) is 43.9 Å². The summed E-state index contributed by atoms with van der Waals surface area (Å²) in [4.78, 5) is 0. The van der Waals surface area contributed by atoms with E-state index in [1.807, 2.05) is 30.3 Å². The van der Waals surface area contributed by atoms with E-state index in [2.05, 4.69) is 59.9 Å². The second-order valence-electron chi connectivity index (χ2n) is 9.66. The summed E-state index contributed by atoms with van der Waals surface area (Å²) in [6.45, 7) is 1.86.